The fourth-order valence-corrected chi connectivity index (χ4v) is 1.85. The summed E-state index contributed by atoms with van der Waals surface area (Å²) in [5.41, 5.74) is -0.554. The van der Waals surface area contributed by atoms with E-state index in [-0.39, 0.29) is 15.9 Å². The number of anilines is 1. The Hall–Kier alpha value is -1.76. The standard InChI is InChI=1S/C12H7BrF3NO2/c13-10-9(4-5-19-10)11(18)17-8-3-1-2-7(6-8)12(14,15)16/h1-6H,(H,17,18). The topological polar surface area (TPSA) is 42.2 Å². The molecule has 0 spiro atoms. The second-order valence-electron chi connectivity index (χ2n) is 3.64. The molecule has 0 aliphatic carbocycles. The average Bonchev–Trinajstić information content (AvgIpc) is 2.75. The van der Waals surface area contributed by atoms with E-state index in [0.717, 1.165) is 12.1 Å². The lowest BCUT2D eigenvalue weighted by Gasteiger charge is -2.09. The molecule has 0 aliphatic rings. The second kappa shape index (κ2) is 5.08. The summed E-state index contributed by atoms with van der Waals surface area (Å²) in [6, 6.07) is 5.81. The molecule has 1 N–H and O–H groups in total. The number of carbonyl (C=O) groups excluding carboxylic acids is 1. The van der Waals surface area contributed by atoms with Gasteiger partial charge in [-0.25, -0.2) is 0 Å². The third-order valence-electron chi connectivity index (χ3n) is 2.31. The number of hydrogen-bond acceptors (Lipinski definition) is 2. The average molecular weight is 334 g/mol. The van der Waals surface area contributed by atoms with E-state index in [2.05, 4.69) is 21.2 Å². The molecule has 0 aliphatic heterocycles. The van der Waals surface area contributed by atoms with Gasteiger partial charge in [-0.3, -0.25) is 4.79 Å². The quantitative estimate of drug-likeness (QED) is 0.889. The number of halogens is 4. The number of amides is 1. The molecule has 2 rings (SSSR count). The maximum atomic E-state index is 12.5. The lowest BCUT2D eigenvalue weighted by molar-refractivity contribution is -0.137. The third-order valence-corrected chi connectivity index (χ3v) is 2.92. The molecule has 0 saturated carbocycles. The summed E-state index contributed by atoms with van der Waals surface area (Å²) in [6.45, 7) is 0. The van der Waals surface area contributed by atoms with Gasteiger partial charge in [-0.05, 0) is 40.2 Å². The molecule has 1 heterocycles. The van der Waals surface area contributed by atoms with Crippen LogP contribution in [-0.2, 0) is 6.18 Å². The molecular formula is C12H7BrF3NO2. The van der Waals surface area contributed by atoms with Gasteiger partial charge < -0.3 is 9.73 Å². The van der Waals surface area contributed by atoms with Crippen LogP contribution in [0.15, 0.2) is 45.7 Å². The molecular weight excluding hydrogens is 327 g/mol. The highest BCUT2D eigenvalue weighted by molar-refractivity contribution is 9.10. The van der Waals surface area contributed by atoms with E-state index < -0.39 is 17.6 Å². The van der Waals surface area contributed by atoms with Gasteiger partial charge in [-0.15, -0.1) is 0 Å². The largest absolute Gasteiger partial charge is 0.457 e. The SMILES string of the molecule is O=C(Nc1cccc(C(F)(F)F)c1)c1ccoc1Br. The van der Waals surface area contributed by atoms with Gasteiger partial charge >= 0.3 is 6.18 Å². The van der Waals surface area contributed by atoms with Gasteiger partial charge in [0.05, 0.1) is 17.4 Å². The Bertz CT molecular complexity index is 607. The molecule has 3 nitrogen and oxygen atoms in total. The zero-order chi connectivity index (χ0) is 14.0. The van der Waals surface area contributed by atoms with Crippen LogP contribution in [0.1, 0.15) is 15.9 Å². The van der Waals surface area contributed by atoms with E-state index in [0.29, 0.717) is 0 Å². The van der Waals surface area contributed by atoms with Crippen molar-refractivity contribution in [2.24, 2.45) is 0 Å². The Kier molecular flexibility index (Phi) is 3.66. The number of carbonyl (C=O) groups is 1. The van der Waals surface area contributed by atoms with Crippen LogP contribution in [0.25, 0.3) is 0 Å². The highest BCUT2D eigenvalue weighted by atomic mass is 79.9. The van der Waals surface area contributed by atoms with Crippen LogP contribution in [0.4, 0.5) is 18.9 Å². The Labute approximate surface area is 114 Å². The number of nitrogens with one attached hydrogen (secondary N) is 1. The minimum Gasteiger partial charge on any atom is -0.457 e. The molecule has 7 heteroatoms. The van der Waals surface area contributed by atoms with E-state index in [1.54, 1.807) is 0 Å². The fourth-order valence-electron chi connectivity index (χ4n) is 1.43. The number of benzene rings is 1. The predicted octanol–water partition coefficient (Wildman–Crippen LogP) is 4.31. The van der Waals surface area contributed by atoms with Gasteiger partial charge in [0.25, 0.3) is 5.91 Å². The zero-order valence-electron chi connectivity index (χ0n) is 9.29. The minimum atomic E-state index is -4.45. The molecule has 0 unspecified atom stereocenters. The summed E-state index contributed by atoms with van der Waals surface area (Å²) >= 11 is 3.02. The van der Waals surface area contributed by atoms with Crippen LogP contribution in [-0.4, -0.2) is 5.91 Å². The Morgan fingerprint density at radius 3 is 2.58 bits per heavy atom. The molecule has 0 fully saturated rings. The molecule has 0 bridgehead atoms. The van der Waals surface area contributed by atoms with Crippen LogP contribution in [0, 0.1) is 0 Å². The van der Waals surface area contributed by atoms with Gasteiger partial charge in [-0.1, -0.05) is 6.07 Å². The summed E-state index contributed by atoms with van der Waals surface area (Å²) in [7, 11) is 0. The van der Waals surface area contributed by atoms with Crippen molar-refractivity contribution in [1.82, 2.24) is 0 Å². The highest BCUT2D eigenvalue weighted by Crippen LogP contribution is 2.30. The molecule has 0 radical (unpaired) electrons. The van der Waals surface area contributed by atoms with E-state index in [9.17, 15) is 18.0 Å². The number of hydrogen-bond donors (Lipinski definition) is 1. The monoisotopic (exact) mass is 333 g/mol. The lowest BCUT2D eigenvalue weighted by Crippen LogP contribution is -2.12. The predicted molar refractivity (Wildman–Crippen MR) is 65.8 cm³/mol. The lowest BCUT2D eigenvalue weighted by atomic mass is 10.2. The van der Waals surface area contributed by atoms with Crippen LogP contribution < -0.4 is 5.32 Å². The summed E-state index contributed by atoms with van der Waals surface area (Å²) < 4.78 is 42.6. The first kappa shape index (κ1) is 13.7. The van der Waals surface area contributed by atoms with Gasteiger partial charge in [0.15, 0.2) is 4.67 Å². The van der Waals surface area contributed by atoms with Crippen molar-refractivity contribution < 1.29 is 22.4 Å². The fraction of sp³-hybridized carbons (Fsp3) is 0.0833. The van der Waals surface area contributed by atoms with Crippen molar-refractivity contribution in [3.05, 3.63) is 52.4 Å². The van der Waals surface area contributed by atoms with E-state index in [4.69, 9.17) is 4.42 Å². The van der Waals surface area contributed by atoms with Crippen molar-refractivity contribution in [3.63, 3.8) is 0 Å². The van der Waals surface area contributed by atoms with Crippen molar-refractivity contribution in [2.75, 3.05) is 5.32 Å². The Morgan fingerprint density at radius 1 is 1.26 bits per heavy atom. The molecule has 2 aromatic rings. The third kappa shape index (κ3) is 3.17. The van der Waals surface area contributed by atoms with Crippen LogP contribution >= 0.6 is 15.9 Å². The molecule has 0 atom stereocenters. The first-order chi connectivity index (χ1) is 8.88. The maximum absolute atomic E-state index is 12.5. The van der Waals surface area contributed by atoms with Gasteiger partial charge in [0, 0.05) is 5.69 Å². The summed E-state index contributed by atoms with van der Waals surface area (Å²) in [5.74, 6) is -0.556. The van der Waals surface area contributed by atoms with Crippen molar-refractivity contribution in [1.29, 1.82) is 0 Å². The van der Waals surface area contributed by atoms with Crippen LogP contribution in [0.2, 0.25) is 0 Å². The van der Waals surface area contributed by atoms with Crippen molar-refractivity contribution in [3.8, 4) is 0 Å². The highest BCUT2D eigenvalue weighted by Gasteiger charge is 2.30. The molecule has 1 aromatic heterocycles. The molecule has 0 saturated heterocycles. The van der Waals surface area contributed by atoms with E-state index in [1.807, 2.05) is 0 Å². The first-order valence-corrected chi connectivity index (χ1v) is 5.89. The number of alkyl halides is 3. The summed E-state index contributed by atoms with van der Waals surface area (Å²) in [5, 5.41) is 2.37. The van der Waals surface area contributed by atoms with Gasteiger partial charge in [-0.2, -0.15) is 13.2 Å². The normalized spacial score (nSPS) is 11.4. The summed E-state index contributed by atoms with van der Waals surface area (Å²) in [4.78, 5) is 11.8. The molecule has 19 heavy (non-hydrogen) atoms. The van der Waals surface area contributed by atoms with E-state index in [1.165, 1.54) is 24.5 Å². The Balaban J connectivity index is 2.21. The van der Waals surface area contributed by atoms with E-state index >= 15 is 0 Å². The number of furan rings is 1. The van der Waals surface area contributed by atoms with Crippen LogP contribution in [0.5, 0.6) is 0 Å². The molecule has 1 amide bonds. The number of rotatable bonds is 2. The van der Waals surface area contributed by atoms with Gasteiger partial charge in [0.1, 0.15) is 0 Å². The van der Waals surface area contributed by atoms with Crippen molar-refractivity contribution in [2.45, 2.75) is 6.18 Å². The molecule has 100 valence electrons. The van der Waals surface area contributed by atoms with Gasteiger partial charge in [0.2, 0.25) is 0 Å². The summed E-state index contributed by atoms with van der Waals surface area (Å²) in [6.07, 6.45) is -3.15. The van der Waals surface area contributed by atoms with Crippen LogP contribution in [0.3, 0.4) is 0 Å². The Morgan fingerprint density at radius 2 is 2.00 bits per heavy atom. The minimum absolute atomic E-state index is 0.0629. The smallest absolute Gasteiger partial charge is 0.416 e. The van der Waals surface area contributed by atoms with Crippen molar-refractivity contribution >= 4 is 27.5 Å². The maximum Gasteiger partial charge on any atom is 0.416 e. The first-order valence-electron chi connectivity index (χ1n) is 5.09. The molecule has 1 aromatic carbocycles. The zero-order valence-corrected chi connectivity index (χ0v) is 10.9. The second-order valence-corrected chi connectivity index (χ2v) is 4.36.